The van der Waals surface area contributed by atoms with E-state index in [2.05, 4.69) is 12.1 Å². The highest BCUT2D eigenvalue weighted by atomic mass is 32.1. The predicted molar refractivity (Wildman–Crippen MR) is 109 cm³/mol. The van der Waals surface area contributed by atoms with Crippen molar-refractivity contribution in [3.05, 3.63) is 71.1 Å². The highest BCUT2D eigenvalue weighted by Crippen LogP contribution is 2.47. The van der Waals surface area contributed by atoms with Crippen LogP contribution >= 0.6 is 11.3 Å². The largest absolute Gasteiger partial charge is 0.505 e. The van der Waals surface area contributed by atoms with E-state index in [0.717, 1.165) is 39.7 Å². The summed E-state index contributed by atoms with van der Waals surface area (Å²) in [4.78, 5) is 7.40. The van der Waals surface area contributed by atoms with Crippen LogP contribution < -0.4 is 0 Å². The molecule has 0 aliphatic heterocycles. The van der Waals surface area contributed by atoms with Gasteiger partial charge in [0.05, 0.1) is 0 Å². The van der Waals surface area contributed by atoms with Crippen molar-refractivity contribution in [3.63, 3.8) is 0 Å². The van der Waals surface area contributed by atoms with Crippen LogP contribution in [0.4, 0.5) is 0 Å². The third-order valence-corrected chi connectivity index (χ3v) is 6.37. The molecule has 26 heavy (non-hydrogen) atoms. The molecule has 4 aromatic rings. The van der Waals surface area contributed by atoms with E-state index in [-0.39, 0.29) is 0 Å². The number of aryl methyl sites for hydroxylation is 2. The fourth-order valence-electron chi connectivity index (χ4n) is 3.96. The first-order valence-electron chi connectivity index (χ1n) is 9.11. The molecule has 0 fully saturated rings. The zero-order valence-corrected chi connectivity index (χ0v) is 15.2. The van der Waals surface area contributed by atoms with Crippen molar-refractivity contribution < 1.29 is 5.11 Å². The third-order valence-electron chi connectivity index (χ3n) is 5.19. The van der Waals surface area contributed by atoms with Crippen molar-refractivity contribution in [3.8, 4) is 28.1 Å². The molecular weight excluding hydrogens is 338 g/mol. The third kappa shape index (κ3) is 2.43. The van der Waals surface area contributed by atoms with E-state index in [0.29, 0.717) is 11.4 Å². The van der Waals surface area contributed by atoms with Crippen LogP contribution in [-0.4, -0.2) is 10.1 Å². The molecule has 5 rings (SSSR count). The minimum atomic E-state index is 0.293. The Morgan fingerprint density at radius 1 is 0.808 bits per heavy atom. The van der Waals surface area contributed by atoms with Crippen molar-refractivity contribution in [2.45, 2.75) is 25.7 Å². The van der Waals surface area contributed by atoms with Crippen LogP contribution in [-0.2, 0) is 12.8 Å². The number of hydrogen-bond acceptors (Lipinski definition) is 3. The van der Waals surface area contributed by atoms with Gasteiger partial charge in [-0.3, -0.25) is 0 Å². The van der Waals surface area contributed by atoms with Crippen LogP contribution in [0.3, 0.4) is 0 Å². The van der Waals surface area contributed by atoms with Gasteiger partial charge in [-0.05, 0) is 36.8 Å². The van der Waals surface area contributed by atoms with E-state index in [9.17, 15) is 5.11 Å². The number of thiophene rings is 1. The van der Waals surface area contributed by atoms with E-state index in [1.807, 2.05) is 48.5 Å². The summed E-state index contributed by atoms with van der Waals surface area (Å²) in [5, 5.41) is 12.4. The molecule has 2 aromatic heterocycles. The van der Waals surface area contributed by atoms with Gasteiger partial charge in [0, 0.05) is 21.4 Å². The second kappa shape index (κ2) is 6.26. The second-order valence-corrected chi connectivity index (χ2v) is 7.89. The minimum Gasteiger partial charge on any atom is -0.505 e. The summed E-state index contributed by atoms with van der Waals surface area (Å²) >= 11 is 1.80. The molecule has 2 nitrogen and oxygen atoms in total. The van der Waals surface area contributed by atoms with E-state index in [4.69, 9.17) is 4.98 Å². The van der Waals surface area contributed by atoms with Gasteiger partial charge in [0.25, 0.3) is 0 Å². The number of fused-ring (bicyclic) bond motifs is 3. The molecule has 0 saturated carbocycles. The average molecular weight is 357 g/mol. The van der Waals surface area contributed by atoms with Crippen LogP contribution in [0.5, 0.6) is 5.75 Å². The van der Waals surface area contributed by atoms with Crippen molar-refractivity contribution in [1.29, 1.82) is 0 Å². The van der Waals surface area contributed by atoms with Crippen LogP contribution in [0.1, 0.15) is 23.3 Å². The molecule has 0 spiro atoms. The first kappa shape index (κ1) is 15.6. The van der Waals surface area contributed by atoms with Crippen molar-refractivity contribution in [2.75, 3.05) is 0 Å². The molecule has 2 aromatic carbocycles. The summed E-state index contributed by atoms with van der Waals surface area (Å²) in [5.74, 6) is 0.293. The van der Waals surface area contributed by atoms with Crippen LogP contribution in [0.15, 0.2) is 60.7 Å². The van der Waals surface area contributed by atoms with Gasteiger partial charge in [-0.25, -0.2) is 4.98 Å². The van der Waals surface area contributed by atoms with Gasteiger partial charge in [0.1, 0.15) is 16.3 Å². The van der Waals surface area contributed by atoms with E-state index in [1.165, 1.54) is 23.3 Å². The molecule has 2 heterocycles. The standard InChI is InChI=1S/C23H19NOS/c25-22-19(15-9-3-1-4-10-15)20-17-13-7-8-14-18(17)26-23(20)24-21(22)16-11-5-2-6-12-16/h1-6,9-12,25H,7-8,13-14H2. The highest BCUT2D eigenvalue weighted by Gasteiger charge is 2.24. The van der Waals surface area contributed by atoms with Crippen molar-refractivity contribution >= 4 is 21.6 Å². The van der Waals surface area contributed by atoms with Gasteiger partial charge in [-0.15, -0.1) is 11.3 Å². The number of aromatic hydroxyl groups is 1. The molecular formula is C23H19NOS. The number of nitrogens with zero attached hydrogens (tertiary/aromatic N) is 1. The summed E-state index contributed by atoms with van der Waals surface area (Å²) in [6.45, 7) is 0. The fourth-order valence-corrected chi connectivity index (χ4v) is 5.23. The van der Waals surface area contributed by atoms with Crippen molar-refractivity contribution in [1.82, 2.24) is 4.98 Å². The molecule has 0 saturated heterocycles. The monoisotopic (exact) mass is 357 g/mol. The Labute approximate surface area is 156 Å². The molecule has 0 amide bonds. The maximum atomic E-state index is 11.3. The lowest BCUT2D eigenvalue weighted by Gasteiger charge is -2.15. The summed E-state index contributed by atoms with van der Waals surface area (Å²) in [7, 11) is 0. The fraction of sp³-hybridized carbons (Fsp3) is 0.174. The zero-order valence-electron chi connectivity index (χ0n) is 14.4. The summed E-state index contributed by atoms with van der Waals surface area (Å²) in [5.41, 5.74) is 5.03. The maximum absolute atomic E-state index is 11.3. The van der Waals surface area contributed by atoms with Crippen LogP contribution in [0, 0.1) is 0 Å². The molecule has 1 aliphatic carbocycles. The number of hydrogen-bond donors (Lipinski definition) is 1. The molecule has 0 atom stereocenters. The van der Waals surface area contributed by atoms with Gasteiger partial charge < -0.3 is 5.11 Å². The lowest BCUT2D eigenvalue weighted by atomic mass is 9.91. The lowest BCUT2D eigenvalue weighted by Crippen LogP contribution is -1.99. The Morgan fingerprint density at radius 2 is 1.46 bits per heavy atom. The van der Waals surface area contributed by atoms with Crippen molar-refractivity contribution in [2.24, 2.45) is 0 Å². The lowest BCUT2D eigenvalue weighted by molar-refractivity contribution is 0.478. The smallest absolute Gasteiger partial charge is 0.150 e. The zero-order chi connectivity index (χ0) is 17.5. The van der Waals surface area contributed by atoms with E-state index >= 15 is 0 Å². The van der Waals surface area contributed by atoms with Crippen LogP contribution in [0.2, 0.25) is 0 Å². The normalized spacial score (nSPS) is 13.7. The Kier molecular flexibility index (Phi) is 3.75. The van der Waals surface area contributed by atoms with E-state index in [1.54, 1.807) is 11.3 Å². The first-order chi connectivity index (χ1) is 12.8. The molecule has 0 radical (unpaired) electrons. The number of aromatic nitrogens is 1. The molecule has 1 aliphatic rings. The van der Waals surface area contributed by atoms with Gasteiger partial charge in [0.15, 0.2) is 0 Å². The molecule has 0 unspecified atom stereocenters. The summed E-state index contributed by atoms with van der Waals surface area (Å²) in [6.07, 6.45) is 4.68. The summed E-state index contributed by atoms with van der Waals surface area (Å²) < 4.78 is 0. The summed E-state index contributed by atoms with van der Waals surface area (Å²) in [6, 6.07) is 20.2. The Hall–Kier alpha value is -2.65. The van der Waals surface area contributed by atoms with Crippen LogP contribution in [0.25, 0.3) is 32.6 Å². The van der Waals surface area contributed by atoms with Gasteiger partial charge in [-0.2, -0.15) is 0 Å². The quantitative estimate of drug-likeness (QED) is 0.462. The maximum Gasteiger partial charge on any atom is 0.150 e. The van der Waals surface area contributed by atoms with E-state index < -0.39 is 0 Å². The number of pyridine rings is 1. The molecule has 128 valence electrons. The SMILES string of the molecule is Oc1c(-c2ccccc2)nc2sc3c(c2c1-c1ccccc1)CCCC3. The predicted octanol–water partition coefficient (Wildman–Crippen LogP) is 6.21. The minimum absolute atomic E-state index is 0.293. The van der Waals surface area contributed by atoms with Gasteiger partial charge in [-0.1, -0.05) is 60.7 Å². The first-order valence-corrected chi connectivity index (χ1v) is 9.92. The second-order valence-electron chi connectivity index (χ2n) is 6.81. The Balaban J connectivity index is 1.89. The average Bonchev–Trinajstić information content (AvgIpc) is 3.07. The van der Waals surface area contributed by atoms with Gasteiger partial charge in [0.2, 0.25) is 0 Å². The Morgan fingerprint density at radius 3 is 2.19 bits per heavy atom. The Bertz CT molecular complexity index is 1080. The highest BCUT2D eigenvalue weighted by molar-refractivity contribution is 7.19. The topological polar surface area (TPSA) is 33.1 Å². The number of rotatable bonds is 2. The molecule has 3 heteroatoms. The number of benzene rings is 2. The molecule has 1 N–H and O–H groups in total. The molecule has 0 bridgehead atoms. The van der Waals surface area contributed by atoms with Gasteiger partial charge >= 0.3 is 0 Å².